The van der Waals surface area contributed by atoms with Gasteiger partial charge < -0.3 is 10.6 Å². The van der Waals surface area contributed by atoms with Gasteiger partial charge in [-0.05, 0) is 6.54 Å². The number of hydrogen-bond donors (Lipinski definition) is 1. The van der Waals surface area contributed by atoms with Crippen LogP contribution in [0.5, 0.6) is 0 Å². The summed E-state index contributed by atoms with van der Waals surface area (Å²) < 4.78 is 0. The lowest BCUT2D eigenvalue weighted by molar-refractivity contribution is 0.0758. The Bertz CT molecular complexity index is 394. The molecule has 17 heavy (non-hydrogen) atoms. The lowest BCUT2D eigenvalue weighted by atomic mass is 10.3. The lowest BCUT2D eigenvalue weighted by Gasteiger charge is -2.29. The maximum absolute atomic E-state index is 12.2. The third kappa shape index (κ3) is 3.20. The van der Waals surface area contributed by atoms with Crippen LogP contribution in [-0.4, -0.2) is 46.4 Å². The molecule has 94 valence electrons. The minimum atomic E-state index is 0.0664. The summed E-state index contributed by atoms with van der Waals surface area (Å²) in [5.74, 6) is 1.09. The number of nitrogens with zero attached hydrogens (tertiary/aromatic N) is 2. The van der Waals surface area contributed by atoms with Gasteiger partial charge in [-0.25, -0.2) is 4.98 Å². The highest BCUT2D eigenvalue weighted by Crippen LogP contribution is 2.20. The number of carbonyl (C=O) groups is 1. The summed E-state index contributed by atoms with van der Waals surface area (Å²) in [5, 5.41) is 3.32. The molecule has 6 heteroatoms. The van der Waals surface area contributed by atoms with Crippen molar-refractivity contribution in [2.24, 2.45) is 5.73 Å². The van der Waals surface area contributed by atoms with Crippen molar-refractivity contribution < 1.29 is 4.79 Å². The zero-order valence-electron chi connectivity index (χ0n) is 9.89. The van der Waals surface area contributed by atoms with Gasteiger partial charge in [0.05, 0.1) is 5.01 Å². The third-order valence-electron chi connectivity index (χ3n) is 2.66. The third-order valence-corrected chi connectivity index (χ3v) is 4.70. The van der Waals surface area contributed by atoms with Crippen molar-refractivity contribution in [3.05, 3.63) is 16.1 Å². The smallest absolute Gasteiger partial charge is 0.273 e. The van der Waals surface area contributed by atoms with E-state index in [2.05, 4.69) is 11.9 Å². The topological polar surface area (TPSA) is 59.2 Å². The van der Waals surface area contributed by atoms with Gasteiger partial charge in [0.25, 0.3) is 5.91 Å². The van der Waals surface area contributed by atoms with Gasteiger partial charge in [-0.3, -0.25) is 4.79 Å². The molecule has 1 aromatic rings. The summed E-state index contributed by atoms with van der Waals surface area (Å²) in [4.78, 5) is 18.4. The molecule has 1 aliphatic heterocycles. The number of nitrogens with two attached hydrogens (primary N) is 1. The van der Waals surface area contributed by atoms with E-state index in [1.165, 1.54) is 11.3 Å². The van der Waals surface area contributed by atoms with Gasteiger partial charge in [0.1, 0.15) is 5.69 Å². The van der Waals surface area contributed by atoms with Gasteiger partial charge in [-0.1, -0.05) is 6.92 Å². The molecule has 1 saturated heterocycles. The molecule has 0 bridgehead atoms. The number of rotatable bonds is 3. The van der Waals surface area contributed by atoms with Crippen LogP contribution in [0.1, 0.15) is 22.4 Å². The summed E-state index contributed by atoms with van der Waals surface area (Å²) in [6.07, 6.45) is 0.754. The second-order valence-corrected chi connectivity index (χ2v) is 6.59. The first kappa shape index (κ1) is 12.9. The Morgan fingerprint density at radius 1 is 1.71 bits per heavy atom. The molecule has 0 saturated carbocycles. The normalized spacial score (nSPS) is 20.6. The van der Waals surface area contributed by atoms with Crippen LogP contribution in [0.2, 0.25) is 0 Å². The molecule has 0 radical (unpaired) electrons. The fourth-order valence-corrected chi connectivity index (χ4v) is 3.61. The quantitative estimate of drug-likeness (QED) is 0.898. The second kappa shape index (κ2) is 5.84. The van der Waals surface area contributed by atoms with Crippen molar-refractivity contribution >= 4 is 29.0 Å². The molecule has 1 atom stereocenters. The van der Waals surface area contributed by atoms with Gasteiger partial charge in [-0.2, -0.15) is 11.8 Å². The first-order chi connectivity index (χ1) is 8.20. The summed E-state index contributed by atoms with van der Waals surface area (Å²) in [6.45, 7) is 4.40. The van der Waals surface area contributed by atoms with Crippen molar-refractivity contribution in [1.82, 2.24) is 9.88 Å². The Morgan fingerprint density at radius 2 is 2.53 bits per heavy atom. The Kier molecular flexibility index (Phi) is 4.42. The lowest BCUT2D eigenvalue weighted by Crippen LogP contribution is -2.41. The molecule has 0 spiro atoms. The van der Waals surface area contributed by atoms with Crippen LogP contribution in [0.15, 0.2) is 5.38 Å². The monoisotopic (exact) mass is 271 g/mol. The Morgan fingerprint density at radius 3 is 3.24 bits per heavy atom. The summed E-state index contributed by atoms with van der Waals surface area (Å²) >= 11 is 3.44. The fourth-order valence-electron chi connectivity index (χ4n) is 1.81. The van der Waals surface area contributed by atoms with Crippen molar-refractivity contribution in [1.29, 1.82) is 0 Å². The number of carbonyl (C=O) groups excluding carboxylic acids is 1. The second-order valence-electron chi connectivity index (χ2n) is 4.10. The SMILES string of the molecule is CC1CN(C(=O)c2csc(CCN)n2)CCS1. The van der Waals surface area contributed by atoms with Crippen molar-refractivity contribution in [2.75, 3.05) is 25.4 Å². The van der Waals surface area contributed by atoms with Gasteiger partial charge in [0, 0.05) is 35.9 Å². The van der Waals surface area contributed by atoms with Crippen molar-refractivity contribution in [3.8, 4) is 0 Å². The van der Waals surface area contributed by atoms with Gasteiger partial charge in [0.15, 0.2) is 0 Å². The van der Waals surface area contributed by atoms with E-state index in [-0.39, 0.29) is 5.91 Å². The minimum Gasteiger partial charge on any atom is -0.335 e. The first-order valence-electron chi connectivity index (χ1n) is 5.76. The number of amides is 1. The van der Waals surface area contributed by atoms with Crippen molar-refractivity contribution in [3.63, 3.8) is 0 Å². The molecule has 4 nitrogen and oxygen atoms in total. The standard InChI is InChI=1S/C11H17N3OS2/c1-8-6-14(4-5-16-8)11(15)9-7-17-10(13-9)2-3-12/h7-8H,2-6,12H2,1H3. The number of hydrogen-bond acceptors (Lipinski definition) is 5. The van der Waals surface area contributed by atoms with Crippen molar-refractivity contribution in [2.45, 2.75) is 18.6 Å². The minimum absolute atomic E-state index is 0.0664. The molecule has 1 fully saturated rings. The largest absolute Gasteiger partial charge is 0.335 e. The first-order valence-corrected chi connectivity index (χ1v) is 7.69. The van der Waals surface area contributed by atoms with E-state index >= 15 is 0 Å². The van der Waals surface area contributed by atoms with E-state index in [1.807, 2.05) is 22.0 Å². The van der Waals surface area contributed by atoms with Crippen LogP contribution in [0.4, 0.5) is 0 Å². The predicted octanol–water partition coefficient (Wildman–Crippen LogP) is 1.22. The zero-order chi connectivity index (χ0) is 12.3. The number of aromatic nitrogens is 1. The highest BCUT2D eigenvalue weighted by Gasteiger charge is 2.23. The Balaban J connectivity index is 2.02. The molecule has 1 unspecified atom stereocenters. The summed E-state index contributed by atoms with van der Waals surface area (Å²) in [7, 11) is 0. The van der Waals surface area contributed by atoms with Crippen LogP contribution < -0.4 is 5.73 Å². The fraction of sp³-hybridized carbons (Fsp3) is 0.636. The molecular formula is C11H17N3OS2. The molecule has 2 rings (SSSR count). The molecule has 1 amide bonds. The highest BCUT2D eigenvalue weighted by molar-refractivity contribution is 7.99. The van der Waals surface area contributed by atoms with Gasteiger partial charge >= 0.3 is 0 Å². The maximum Gasteiger partial charge on any atom is 0.273 e. The van der Waals surface area contributed by atoms with Crippen LogP contribution in [-0.2, 0) is 6.42 Å². The molecule has 0 aromatic carbocycles. The molecule has 2 N–H and O–H groups in total. The van der Waals surface area contributed by atoms with E-state index in [0.29, 0.717) is 17.5 Å². The number of thioether (sulfide) groups is 1. The van der Waals surface area contributed by atoms with Crippen LogP contribution in [0.25, 0.3) is 0 Å². The van der Waals surface area contributed by atoms with Gasteiger partial charge in [0.2, 0.25) is 0 Å². The van der Waals surface area contributed by atoms with E-state index in [1.54, 1.807) is 0 Å². The molecular weight excluding hydrogens is 254 g/mol. The Labute approximate surface area is 110 Å². The Hall–Kier alpha value is -0.590. The van der Waals surface area contributed by atoms with Crippen LogP contribution in [0, 0.1) is 0 Å². The van der Waals surface area contributed by atoms with E-state index in [9.17, 15) is 4.79 Å². The summed E-state index contributed by atoms with van der Waals surface area (Å²) in [6, 6.07) is 0. The molecule has 1 aliphatic rings. The number of thiazole rings is 1. The average Bonchev–Trinajstić information content (AvgIpc) is 2.77. The van der Waals surface area contributed by atoms with E-state index < -0.39 is 0 Å². The molecule has 2 heterocycles. The highest BCUT2D eigenvalue weighted by atomic mass is 32.2. The zero-order valence-corrected chi connectivity index (χ0v) is 11.5. The predicted molar refractivity (Wildman–Crippen MR) is 72.7 cm³/mol. The van der Waals surface area contributed by atoms with Gasteiger partial charge in [-0.15, -0.1) is 11.3 Å². The molecule has 0 aliphatic carbocycles. The molecule has 1 aromatic heterocycles. The maximum atomic E-state index is 12.2. The van der Waals surface area contributed by atoms with Crippen LogP contribution in [0.3, 0.4) is 0 Å². The summed E-state index contributed by atoms with van der Waals surface area (Å²) in [5.41, 5.74) is 6.06. The van der Waals surface area contributed by atoms with Crippen LogP contribution >= 0.6 is 23.1 Å². The van der Waals surface area contributed by atoms with E-state index in [0.717, 1.165) is 30.3 Å². The average molecular weight is 271 g/mol. The van der Waals surface area contributed by atoms with E-state index in [4.69, 9.17) is 5.73 Å².